The summed E-state index contributed by atoms with van der Waals surface area (Å²) < 4.78 is 0. The van der Waals surface area contributed by atoms with E-state index in [-0.39, 0.29) is 23.3 Å². The molecule has 104 valence electrons. The summed E-state index contributed by atoms with van der Waals surface area (Å²) in [4.78, 5) is 15.8. The zero-order chi connectivity index (χ0) is 14.3. The topological polar surface area (TPSA) is 40.5 Å². The van der Waals surface area contributed by atoms with E-state index in [1.165, 1.54) is 22.6 Å². The largest absolute Gasteiger partial charge is 0.507 e. The van der Waals surface area contributed by atoms with E-state index in [0.29, 0.717) is 11.6 Å². The number of carbonyl (C=O) groups is 1. The summed E-state index contributed by atoms with van der Waals surface area (Å²) in [6, 6.07) is 6.65. The zero-order valence-electron chi connectivity index (χ0n) is 11.0. The molecule has 1 amide bonds. The summed E-state index contributed by atoms with van der Waals surface area (Å²) in [6.07, 6.45) is 0.865. The minimum absolute atomic E-state index is 0.0240. The Morgan fingerprint density at radius 2 is 2.25 bits per heavy atom. The van der Waals surface area contributed by atoms with Gasteiger partial charge in [0.15, 0.2) is 0 Å². The lowest BCUT2D eigenvalue weighted by Gasteiger charge is -2.33. The number of carbonyl (C=O) groups excluding carboxylic acids is 1. The molecule has 1 aliphatic rings. The highest BCUT2D eigenvalue weighted by Crippen LogP contribution is 2.35. The van der Waals surface area contributed by atoms with Gasteiger partial charge in [0.25, 0.3) is 5.91 Å². The molecule has 0 spiro atoms. The number of phenolic OH excluding ortho intramolecular Hbond substituents is 1. The molecule has 3 nitrogen and oxygen atoms in total. The molecular weight excluding hydrogens is 294 g/mol. The van der Waals surface area contributed by atoms with Crippen LogP contribution >= 0.6 is 22.9 Å². The van der Waals surface area contributed by atoms with E-state index in [9.17, 15) is 9.90 Å². The standard InChI is InChI=1S/C15H14ClNO2S/c1-9-11-5-7-20-14(11)4-6-17(9)15(19)12-8-10(16)2-3-13(12)18/h2-3,5,7-9,18H,4,6H2,1H3. The molecule has 20 heavy (non-hydrogen) atoms. The van der Waals surface area contributed by atoms with Crippen LogP contribution in [0.3, 0.4) is 0 Å². The highest BCUT2D eigenvalue weighted by atomic mass is 35.5. The maximum absolute atomic E-state index is 12.6. The summed E-state index contributed by atoms with van der Waals surface area (Å²) in [5, 5.41) is 12.4. The quantitative estimate of drug-likeness (QED) is 0.869. The molecule has 0 saturated heterocycles. The summed E-state index contributed by atoms with van der Waals surface area (Å²) >= 11 is 7.66. The molecule has 0 aliphatic carbocycles. The fraction of sp³-hybridized carbons (Fsp3) is 0.267. The lowest BCUT2D eigenvalue weighted by molar-refractivity contribution is 0.0676. The molecule has 2 aromatic rings. The molecule has 0 bridgehead atoms. The summed E-state index contributed by atoms with van der Waals surface area (Å²) in [5.74, 6) is -0.197. The summed E-state index contributed by atoms with van der Waals surface area (Å²) in [7, 11) is 0. The van der Waals surface area contributed by atoms with Crippen LogP contribution in [0.15, 0.2) is 29.6 Å². The molecule has 0 saturated carbocycles. The van der Waals surface area contributed by atoms with Crippen molar-refractivity contribution in [2.24, 2.45) is 0 Å². The third-order valence-electron chi connectivity index (χ3n) is 3.73. The molecule has 1 unspecified atom stereocenters. The van der Waals surface area contributed by atoms with Gasteiger partial charge in [-0.05, 0) is 48.6 Å². The molecule has 1 N–H and O–H groups in total. The second-order valence-corrected chi connectivity index (χ2v) is 6.32. The van der Waals surface area contributed by atoms with E-state index in [1.807, 2.05) is 6.92 Å². The number of nitrogens with zero attached hydrogens (tertiary/aromatic N) is 1. The number of fused-ring (bicyclic) bond motifs is 1. The number of hydrogen-bond acceptors (Lipinski definition) is 3. The lowest BCUT2D eigenvalue weighted by atomic mass is 10.00. The van der Waals surface area contributed by atoms with Crippen molar-refractivity contribution in [2.45, 2.75) is 19.4 Å². The van der Waals surface area contributed by atoms with Crippen LogP contribution < -0.4 is 0 Å². The SMILES string of the molecule is CC1c2ccsc2CCN1C(=O)c1cc(Cl)ccc1O. The van der Waals surface area contributed by atoms with Crippen LogP contribution in [0.4, 0.5) is 0 Å². The molecule has 2 heterocycles. The first-order chi connectivity index (χ1) is 9.58. The van der Waals surface area contributed by atoms with Gasteiger partial charge < -0.3 is 10.0 Å². The molecule has 3 rings (SSSR count). The molecular formula is C15H14ClNO2S. The number of rotatable bonds is 1. The van der Waals surface area contributed by atoms with Crippen LogP contribution in [0.5, 0.6) is 5.75 Å². The Hall–Kier alpha value is -1.52. The fourth-order valence-corrected chi connectivity index (χ4v) is 3.76. The second-order valence-electron chi connectivity index (χ2n) is 4.89. The number of amides is 1. The predicted octanol–water partition coefficient (Wildman–Crippen LogP) is 3.87. The van der Waals surface area contributed by atoms with Crippen LogP contribution in [0, 0.1) is 0 Å². The Labute approximate surface area is 126 Å². The maximum Gasteiger partial charge on any atom is 0.258 e. The van der Waals surface area contributed by atoms with E-state index < -0.39 is 0 Å². The Morgan fingerprint density at radius 1 is 1.45 bits per heavy atom. The Morgan fingerprint density at radius 3 is 3.05 bits per heavy atom. The van der Waals surface area contributed by atoms with Crippen molar-refractivity contribution in [3.05, 3.63) is 50.7 Å². The molecule has 5 heteroatoms. The monoisotopic (exact) mass is 307 g/mol. The van der Waals surface area contributed by atoms with Gasteiger partial charge in [-0.25, -0.2) is 0 Å². The van der Waals surface area contributed by atoms with Gasteiger partial charge in [-0.15, -0.1) is 11.3 Å². The first-order valence-corrected chi connectivity index (χ1v) is 7.69. The molecule has 0 radical (unpaired) electrons. The van der Waals surface area contributed by atoms with Gasteiger partial charge in [-0.3, -0.25) is 4.79 Å². The zero-order valence-corrected chi connectivity index (χ0v) is 12.5. The van der Waals surface area contributed by atoms with Crippen LogP contribution in [0.1, 0.15) is 33.8 Å². The van der Waals surface area contributed by atoms with E-state index in [2.05, 4.69) is 11.4 Å². The highest BCUT2D eigenvalue weighted by Gasteiger charge is 2.30. The van der Waals surface area contributed by atoms with Crippen molar-refractivity contribution < 1.29 is 9.90 Å². The summed E-state index contributed by atoms with van der Waals surface area (Å²) in [5.41, 5.74) is 1.47. The number of hydrogen-bond donors (Lipinski definition) is 1. The van der Waals surface area contributed by atoms with Crippen molar-refractivity contribution in [1.82, 2.24) is 4.90 Å². The third kappa shape index (κ3) is 2.19. The van der Waals surface area contributed by atoms with Gasteiger partial charge in [0.05, 0.1) is 11.6 Å². The smallest absolute Gasteiger partial charge is 0.258 e. The normalized spacial score (nSPS) is 17.9. The van der Waals surface area contributed by atoms with Crippen LogP contribution in [0.25, 0.3) is 0 Å². The van der Waals surface area contributed by atoms with Gasteiger partial charge in [0.1, 0.15) is 5.75 Å². The van der Waals surface area contributed by atoms with E-state index in [4.69, 9.17) is 11.6 Å². The van der Waals surface area contributed by atoms with Crippen molar-refractivity contribution >= 4 is 28.8 Å². The molecule has 1 aromatic heterocycles. The average Bonchev–Trinajstić information content (AvgIpc) is 2.90. The van der Waals surface area contributed by atoms with Crippen LogP contribution in [-0.4, -0.2) is 22.5 Å². The van der Waals surface area contributed by atoms with Crippen molar-refractivity contribution in [1.29, 1.82) is 0 Å². The van der Waals surface area contributed by atoms with Gasteiger partial charge in [0, 0.05) is 16.4 Å². The van der Waals surface area contributed by atoms with Gasteiger partial charge in [0.2, 0.25) is 0 Å². The van der Waals surface area contributed by atoms with Crippen molar-refractivity contribution in [2.75, 3.05) is 6.54 Å². The number of benzene rings is 1. The van der Waals surface area contributed by atoms with E-state index >= 15 is 0 Å². The fourth-order valence-electron chi connectivity index (χ4n) is 2.62. The van der Waals surface area contributed by atoms with Crippen LogP contribution in [-0.2, 0) is 6.42 Å². The maximum atomic E-state index is 12.6. The van der Waals surface area contributed by atoms with Crippen LogP contribution in [0.2, 0.25) is 5.02 Å². The second kappa shape index (κ2) is 5.11. The Kier molecular flexibility index (Phi) is 3.44. The minimum atomic E-state index is -0.172. The number of aromatic hydroxyl groups is 1. The minimum Gasteiger partial charge on any atom is -0.507 e. The summed E-state index contributed by atoms with van der Waals surface area (Å²) in [6.45, 7) is 2.68. The van der Waals surface area contributed by atoms with Crippen molar-refractivity contribution in [3.8, 4) is 5.75 Å². The lowest BCUT2D eigenvalue weighted by Crippen LogP contribution is -2.38. The van der Waals surface area contributed by atoms with Crippen molar-refractivity contribution in [3.63, 3.8) is 0 Å². The van der Waals surface area contributed by atoms with Gasteiger partial charge in [-0.1, -0.05) is 11.6 Å². The highest BCUT2D eigenvalue weighted by molar-refractivity contribution is 7.10. The molecule has 1 atom stereocenters. The molecule has 1 aliphatic heterocycles. The first-order valence-electron chi connectivity index (χ1n) is 6.43. The van der Waals surface area contributed by atoms with E-state index in [0.717, 1.165) is 6.42 Å². The Balaban J connectivity index is 1.94. The Bertz CT molecular complexity index is 668. The van der Waals surface area contributed by atoms with E-state index in [1.54, 1.807) is 22.3 Å². The molecule has 1 aromatic carbocycles. The number of halogens is 1. The first kappa shape index (κ1) is 13.5. The number of thiophene rings is 1. The molecule has 0 fully saturated rings. The predicted molar refractivity (Wildman–Crippen MR) is 80.6 cm³/mol. The van der Waals surface area contributed by atoms with Gasteiger partial charge >= 0.3 is 0 Å². The third-order valence-corrected chi connectivity index (χ3v) is 4.96. The number of phenols is 1. The average molecular weight is 308 g/mol. The van der Waals surface area contributed by atoms with Gasteiger partial charge in [-0.2, -0.15) is 0 Å².